The average molecular weight is 250 g/mol. The van der Waals surface area contributed by atoms with Gasteiger partial charge in [0.1, 0.15) is 12.1 Å². The van der Waals surface area contributed by atoms with Crippen LogP contribution in [-0.4, -0.2) is 21.0 Å². The van der Waals surface area contributed by atoms with Crippen molar-refractivity contribution in [1.82, 2.24) is 9.97 Å². The number of thioether (sulfide) groups is 1. The van der Waals surface area contributed by atoms with E-state index in [1.807, 2.05) is 0 Å². The van der Waals surface area contributed by atoms with Crippen LogP contribution in [0.25, 0.3) is 0 Å². The van der Waals surface area contributed by atoms with Crippen molar-refractivity contribution >= 4 is 17.7 Å². The summed E-state index contributed by atoms with van der Waals surface area (Å²) < 4.78 is 5.12. The van der Waals surface area contributed by atoms with Gasteiger partial charge in [-0.05, 0) is 19.1 Å². The third-order valence-electron chi connectivity index (χ3n) is 2.16. The van der Waals surface area contributed by atoms with Crippen LogP contribution in [0.5, 0.6) is 0 Å². The molecule has 0 saturated heterocycles. The fraction of sp³-hybridized carbons (Fsp3) is 0.182. The van der Waals surface area contributed by atoms with Gasteiger partial charge in [0.05, 0.1) is 5.03 Å². The minimum absolute atomic E-state index is 0.0270. The Morgan fingerprint density at radius 2 is 2.41 bits per heavy atom. The smallest absolute Gasteiger partial charge is 0.371 e. The van der Waals surface area contributed by atoms with Crippen LogP contribution in [0.2, 0.25) is 0 Å². The molecule has 0 atom stereocenters. The second-order valence-electron chi connectivity index (χ2n) is 3.33. The molecule has 88 valence electrons. The molecule has 0 aliphatic rings. The number of rotatable bonds is 4. The zero-order valence-electron chi connectivity index (χ0n) is 9.08. The molecule has 2 rings (SSSR count). The number of aromatic carboxylic acids is 1. The summed E-state index contributed by atoms with van der Waals surface area (Å²) in [6, 6.07) is 3.35. The highest BCUT2D eigenvalue weighted by Gasteiger charge is 2.13. The Bertz CT molecular complexity index is 525. The maximum absolute atomic E-state index is 10.7. The molecule has 5 nitrogen and oxygen atoms in total. The highest BCUT2D eigenvalue weighted by Crippen LogP contribution is 2.24. The van der Waals surface area contributed by atoms with E-state index in [-0.39, 0.29) is 5.76 Å². The lowest BCUT2D eigenvalue weighted by Gasteiger charge is -1.98. The van der Waals surface area contributed by atoms with E-state index in [1.165, 1.54) is 18.1 Å². The molecule has 0 aromatic carbocycles. The Hall–Kier alpha value is -1.82. The summed E-state index contributed by atoms with van der Waals surface area (Å²) in [5.74, 6) is 0.177. The van der Waals surface area contributed by atoms with Gasteiger partial charge in [-0.2, -0.15) is 0 Å². The van der Waals surface area contributed by atoms with Crippen LogP contribution in [0.3, 0.4) is 0 Å². The third kappa shape index (κ3) is 2.85. The SMILES string of the molecule is Cc1oc(C(=O)O)cc1CSc1ccncn1. The minimum atomic E-state index is -1.05. The monoisotopic (exact) mass is 250 g/mol. The molecule has 0 aliphatic carbocycles. The van der Waals surface area contributed by atoms with E-state index in [0.717, 1.165) is 10.6 Å². The largest absolute Gasteiger partial charge is 0.475 e. The third-order valence-corrected chi connectivity index (χ3v) is 3.15. The van der Waals surface area contributed by atoms with Gasteiger partial charge in [-0.3, -0.25) is 0 Å². The molecule has 0 amide bonds. The predicted octanol–water partition coefficient (Wildman–Crippen LogP) is 2.37. The number of aryl methyl sites for hydroxylation is 1. The molecule has 0 spiro atoms. The van der Waals surface area contributed by atoms with Gasteiger partial charge < -0.3 is 9.52 Å². The molecule has 0 aliphatic heterocycles. The van der Waals surface area contributed by atoms with Crippen LogP contribution in [0.1, 0.15) is 21.9 Å². The van der Waals surface area contributed by atoms with Crippen molar-refractivity contribution in [1.29, 1.82) is 0 Å². The quantitative estimate of drug-likeness (QED) is 0.663. The van der Waals surface area contributed by atoms with Gasteiger partial charge in [-0.25, -0.2) is 14.8 Å². The van der Waals surface area contributed by atoms with Crippen LogP contribution in [0, 0.1) is 6.92 Å². The lowest BCUT2D eigenvalue weighted by Crippen LogP contribution is -1.91. The van der Waals surface area contributed by atoms with Gasteiger partial charge in [-0.1, -0.05) is 0 Å². The predicted molar refractivity (Wildman–Crippen MR) is 62.0 cm³/mol. The first-order valence-electron chi connectivity index (χ1n) is 4.88. The molecule has 2 aromatic heterocycles. The number of carboxylic acids is 1. The van der Waals surface area contributed by atoms with Gasteiger partial charge in [0.2, 0.25) is 5.76 Å². The van der Waals surface area contributed by atoms with E-state index < -0.39 is 5.97 Å². The Morgan fingerprint density at radius 3 is 3.00 bits per heavy atom. The Balaban J connectivity index is 2.07. The van der Waals surface area contributed by atoms with Crippen molar-refractivity contribution in [3.8, 4) is 0 Å². The molecule has 0 bridgehead atoms. The maximum atomic E-state index is 10.7. The van der Waals surface area contributed by atoms with E-state index in [4.69, 9.17) is 9.52 Å². The lowest BCUT2D eigenvalue weighted by atomic mass is 10.3. The van der Waals surface area contributed by atoms with Crippen LogP contribution in [0.4, 0.5) is 0 Å². The first-order chi connectivity index (χ1) is 8.16. The zero-order chi connectivity index (χ0) is 12.3. The van der Waals surface area contributed by atoms with Crippen molar-refractivity contribution in [3.05, 3.63) is 41.7 Å². The second kappa shape index (κ2) is 5.01. The van der Waals surface area contributed by atoms with Crippen molar-refractivity contribution in [3.63, 3.8) is 0 Å². The van der Waals surface area contributed by atoms with Gasteiger partial charge in [-0.15, -0.1) is 11.8 Å². The van der Waals surface area contributed by atoms with Gasteiger partial charge >= 0.3 is 5.97 Å². The summed E-state index contributed by atoms with van der Waals surface area (Å²) in [6.45, 7) is 1.75. The standard InChI is InChI=1S/C11H10N2O3S/c1-7-8(4-9(16-7)11(14)15)5-17-10-2-3-12-6-13-10/h2-4,6H,5H2,1H3,(H,14,15). The molecule has 17 heavy (non-hydrogen) atoms. The molecule has 0 fully saturated rings. The van der Waals surface area contributed by atoms with Crippen molar-refractivity contribution in [2.75, 3.05) is 0 Å². The summed E-state index contributed by atoms with van der Waals surface area (Å²) in [6.07, 6.45) is 3.15. The van der Waals surface area contributed by atoms with Crippen LogP contribution in [-0.2, 0) is 5.75 Å². The fourth-order valence-electron chi connectivity index (χ4n) is 1.28. The summed E-state index contributed by atoms with van der Waals surface area (Å²) in [5.41, 5.74) is 0.867. The highest BCUT2D eigenvalue weighted by atomic mass is 32.2. The van der Waals surface area contributed by atoms with E-state index in [1.54, 1.807) is 25.3 Å². The minimum Gasteiger partial charge on any atom is -0.475 e. The molecule has 6 heteroatoms. The van der Waals surface area contributed by atoms with Gasteiger partial charge in [0.25, 0.3) is 0 Å². The van der Waals surface area contributed by atoms with E-state index in [2.05, 4.69) is 9.97 Å². The molecular weight excluding hydrogens is 240 g/mol. The van der Waals surface area contributed by atoms with Crippen molar-refractivity contribution in [2.24, 2.45) is 0 Å². The van der Waals surface area contributed by atoms with E-state index in [9.17, 15) is 4.79 Å². The van der Waals surface area contributed by atoms with E-state index in [0.29, 0.717) is 11.5 Å². The summed E-state index contributed by atoms with van der Waals surface area (Å²) >= 11 is 1.51. The first-order valence-corrected chi connectivity index (χ1v) is 5.87. The van der Waals surface area contributed by atoms with E-state index >= 15 is 0 Å². The summed E-state index contributed by atoms with van der Waals surface area (Å²) in [5, 5.41) is 9.63. The molecule has 2 heterocycles. The molecule has 0 radical (unpaired) electrons. The lowest BCUT2D eigenvalue weighted by molar-refractivity contribution is 0.0661. The molecule has 2 aromatic rings. The average Bonchev–Trinajstić information content (AvgIpc) is 2.70. The molecule has 0 unspecified atom stereocenters. The van der Waals surface area contributed by atoms with Crippen molar-refractivity contribution < 1.29 is 14.3 Å². The highest BCUT2D eigenvalue weighted by molar-refractivity contribution is 7.98. The van der Waals surface area contributed by atoms with Crippen LogP contribution >= 0.6 is 11.8 Å². The molecule has 0 saturated carbocycles. The van der Waals surface area contributed by atoms with Gasteiger partial charge in [0.15, 0.2) is 0 Å². The summed E-state index contributed by atoms with van der Waals surface area (Å²) in [7, 11) is 0. The second-order valence-corrected chi connectivity index (χ2v) is 4.33. The number of aromatic nitrogens is 2. The Labute approximate surface area is 102 Å². The fourth-order valence-corrected chi connectivity index (χ4v) is 2.15. The first kappa shape index (κ1) is 11.7. The Kier molecular flexibility index (Phi) is 3.43. The number of nitrogens with zero attached hydrogens (tertiary/aromatic N) is 2. The van der Waals surface area contributed by atoms with Crippen LogP contribution in [0.15, 0.2) is 34.1 Å². The summed E-state index contributed by atoms with van der Waals surface area (Å²) in [4.78, 5) is 18.6. The topological polar surface area (TPSA) is 76.2 Å². The Morgan fingerprint density at radius 1 is 1.59 bits per heavy atom. The molecule has 1 N–H and O–H groups in total. The maximum Gasteiger partial charge on any atom is 0.371 e. The number of carboxylic acid groups (broad SMARTS) is 1. The van der Waals surface area contributed by atoms with Gasteiger partial charge in [0, 0.05) is 17.5 Å². The number of hydrogen-bond acceptors (Lipinski definition) is 5. The number of furan rings is 1. The zero-order valence-corrected chi connectivity index (χ0v) is 9.90. The van der Waals surface area contributed by atoms with Crippen LogP contribution < -0.4 is 0 Å². The van der Waals surface area contributed by atoms with Crippen molar-refractivity contribution in [2.45, 2.75) is 17.7 Å². The normalized spacial score (nSPS) is 10.4. The molecular formula is C11H10N2O3S. The number of carbonyl (C=O) groups is 1. The number of hydrogen-bond donors (Lipinski definition) is 1.